The molecule has 0 radical (unpaired) electrons. The van der Waals surface area contributed by atoms with Crippen molar-refractivity contribution in [3.63, 3.8) is 0 Å². The van der Waals surface area contributed by atoms with Gasteiger partial charge in [0.15, 0.2) is 11.5 Å². The van der Waals surface area contributed by atoms with Crippen LogP contribution in [0.15, 0.2) is 18.2 Å². The molecule has 1 saturated carbocycles. The highest BCUT2D eigenvalue weighted by atomic mass is 16.5. The van der Waals surface area contributed by atoms with E-state index in [1.165, 1.54) is 0 Å². The van der Waals surface area contributed by atoms with Gasteiger partial charge in [0.25, 0.3) is 0 Å². The number of hydrogen-bond donors (Lipinski definition) is 1. The van der Waals surface area contributed by atoms with Gasteiger partial charge in [-0.25, -0.2) is 0 Å². The number of methoxy groups -OCH3 is 2. The molecule has 0 saturated heterocycles. The van der Waals surface area contributed by atoms with Gasteiger partial charge >= 0.3 is 0 Å². The molecule has 1 aliphatic rings. The van der Waals surface area contributed by atoms with Gasteiger partial charge in [0.1, 0.15) is 0 Å². The molecule has 4 heteroatoms. The zero-order valence-electron chi connectivity index (χ0n) is 12.5. The molecule has 1 aliphatic carbocycles. The minimum atomic E-state index is -0.456. The lowest BCUT2D eigenvalue weighted by Gasteiger charge is -2.36. The lowest BCUT2D eigenvalue weighted by atomic mass is 9.78. The van der Waals surface area contributed by atoms with Crippen molar-refractivity contribution in [2.75, 3.05) is 20.8 Å². The lowest BCUT2D eigenvalue weighted by Crippen LogP contribution is -2.32. The summed E-state index contributed by atoms with van der Waals surface area (Å²) >= 11 is 0. The molecule has 0 aliphatic heterocycles. The second-order valence-electron chi connectivity index (χ2n) is 5.28. The van der Waals surface area contributed by atoms with Crippen molar-refractivity contribution in [1.29, 1.82) is 0 Å². The van der Waals surface area contributed by atoms with Gasteiger partial charge < -0.3 is 19.3 Å². The standard InChI is InChI=1S/C16H24O4/c1-4-20-13-7-11(8-13)9-14(17)12-5-6-15(18-2)16(10-12)19-3/h5-6,10-11,13-14,17H,4,7-9H2,1-3H3. The number of benzene rings is 1. The molecule has 1 fully saturated rings. The van der Waals surface area contributed by atoms with Crippen molar-refractivity contribution in [3.8, 4) is 11.5 Å². The van der Waals surface area contributed by atoms with Crippen LogP contribution < -0.4 is 9.47 Å². The van der Waals surface area contributed by atoms with Crippen molar-refractivity contribution in [1.82, 2.24) is 0 Å². The van der Waals surface area contributed by atoms with E-state index >= 15 is 0 Å². The molecule has 0 aromatic heterocycles. The predicted molar refractivity (Wildman–Crippen MR) is 77.3 cm³/mol. The SMILES string of the molecule is CCOC1CC(CC(O)c2ccc(OC)c(OC)c2)C1. The van der Waals surface area contributed by atoms with Gasteiger partial charge in [-0.15, -0.1) is 0 Å². The van der Waals surface area contributed by atoms with Crippen LogP contribution in [0.1, 0.15) is 37.9 Å². The molecule has 20 heavy (non-hydrogen) atoms. The minimum Gasteiger partial charge on any atom is -0.493 e. The summed E-state index contributed by atoms with van der Waals surface area (Å²) in [7, 11) is 3.21. The van der Waals surface area contributed by atoms with Gasteiger partial charge in [-0.1, -0.05) is 6.07 Å². The molecule has 4 nitrogen and oxygen atoms in total. The molecule has 112 valence electrons. The Morgan fingerprint density at radius 3 is 2.50 bits per heavy atom. The lowest BCUT2D eigenvalue weighted by molar-refractivity contribution is -0.0380. The Labute approximate surface area is 120 Å². The zero-order chi connectivity index (χ0) is 14.5. The van der Waals surface area contributed by atoms with Crippen LogP contribution in [-0.2, 0) is 4.74 Å². The van der Waals surface area contributed by atoms with E-state index in [2.05, 4.69) is 0 Å². The number of hydrogen-bond acceptors (Lipinski definition) is 4. The molecule has 1 aromatic carbocycles. The fourth-order valence-corrected chi connectivity index (χ4v) is 2.75. The molecule has 0 bridgehead atoms. The van der Waals surface area contributed by atoms with E-state index in [4.69, 9.17) is 14.2 Å². The maximum Gasteiger partial charge on any atom is 0.161 e. The Bertz CT molecular complexity index is 426. The van der Waals surface area contributed by atoms with Gasteiger partial charge in [0.05, 0.1) is 26.4 Å². The normalized spacial score (nSPS) is 23.0. The smallest absolute Gasteiger partial charge is 0.161 e. The van der Waals surface area contributed by atoms with Crippen LogP contribution in [0.3, 0.4) is 0 Å². The molecule has 0 amide bonds. The Morgan fingerprint density at radius 1 is 1.20 bits per heavy atom. The summed E-state index contributed by atoms with van der Waals surface area (Å²) in [6.07, 6.45) is 2.82. The van der Waals surface area contributed by atoms with Crippen molar-refractivity contribution in [2.24, 2.45) is 5.92 Å². The van der Waals surface area contributed by atoms with E-state index in [0.717, 1.165) is 31.4 Å². The summed E-state index contributed by atoms with van der Waals surface area (Å²) in [6, 6.07) is 5.58. The monoisotopic (exact) mass is 280 g/mol. The van der Waals surface area contributed by atoms with Gasteiger partial charge in [0.2, 0.25) is 0 Å². The molecule has 1 N–H and O–H groups in total. The van der Waals surface area contributed by atoms with Crippen LogP contribution in [0.2, 0.25) is 0 Å². The first-order valence-corrected chi connectivity index (χ1v) is 7.19. The van der Waals surface area contributed by atoms with E-state index in [-0.39, 0.29) is 0 Å². The Balaban J connectivity index is 1.91. The van der Waals surface area contributed by atoms with Crippen LogP contribution in [0.4, 0.5) is 0 Å². The highest BCUT2D eigenvalue weighted by Crippen LogP contribution is 2.38. The summed E-state index contributed by atoms with van der Waals surface area (Å²) < 4.78 is 16.0. The third kappa shape index (κ3) is 3.44. The van der Waals surface area contributed by atoms with Crippen molar-refractivity contribution in [3.05, 3.63) is 23.8 Å². The summed E-state index contributed by atoms with van der Waals surface area (Å²) in [5, 5.41) is 10.3. The van der Waals surface area contributed by atoms with Crippen LogP contribution >= 0.6 is 0 Å². The first-order chi connectivity index (χ1) is 9.67. The van der Waals surface area contributed by atoms with Gasteiger partial charge in [-0.2, -0.15) is 0 Å². The minimum absolute atomic E-state index is 0.391. The third-order valence-electron chi connectivity index (χ3n) is 3.94. The number of ether oxygens (including phenoxy) is 3. The third-order valence-corrected chi connectivity index (χ3v) is 3.94. The second kappa shape index (κ2) is 6.95. The fourth-order valence-electron chi connectivity index (χ4n) is 2.75. The Kier molecular flexibility index (Phi) is 5.26. The Morgan fingerprint density at radius 2 is 1.90 bits per heavy atom. The van der Waals surface area contributed by atoms with Crippen LogP contribution in [0.5, 0.6) is 11.5 Å². The molecule has 0 heterocycles. The topological polar surface area (TPSA) is 47.9 Å². The van der Waals surface area contributed by atoms with E-state index in [1.807, 2.05) is 25.1 Å². The quantitative estimate of drug-likeness (QED) is 0.834. The van der Waals surface area contributed by atoms with Crippen LogP contribution in [0, 0.1) is 5.92 Å². The van der Waals surface area contributed by atoms with Gasteiger partial charge in [-0.3, -0.25) is 0 Å². The maximum atomic E-state index is 10.3. The molecular formula is C16H24O4. The molecule has 2 rings (SSSR count). The first kappa shape index (κ1) is 15.1. The maximum absolute atomic E-state index is 10.3. The van der Waals surface area contributed by atoms with E-state index in [1.54, 1.807) is 14.2 Å². The highest BCUT2D eigenvalue weighted by Gasteiger charge is 2.31. The average Bonchev–Trinajstić information content (AvgIpc) is 2.44. The molecule has 1 unspecified atom stereocenters. The fraction of sp³-hybridized carbons (Fsp3) is 0.625. The second-order valence-corrected chi connectivity index (χ2v) is 5.28. The van der Waals surface area contributed by atoms with Crippen LogP contribution in [-0.4, -0.2) is 32.0 Å². The molecule has 0 spiro atoms. The number of rotatable bonds is 7. The van der Waals surface area contributed by atoms with Crippen molar-refractivity contribution >= 4 is 0 Å². The summed E-state index contributed by atoms with van der Waals surface area (Å²) in [6.45, 7) is 2.79. The van der Waals surface area contributed by atoms with Crippen molar-refractivity contribution in [2.45, 2.75) is 38.4 Å². The van der Waals surface area contributed by atoms with Crippen molar-refractivity contribution < 1.29 is 19.3 Å². The summed E-state index contributed by atoms with van der Waals surface area (Å²) in [5.41, 5.74) is 0.877. The zero-order valence-corrected chi connectivity index (χ0v) is 12.5. The van der Waals surface area contributed by atoms with Gasteiger partial charge in [0, 0.05) is 6.61 Å². The highest BCUT2D eigenvalue weighted by molar-refractivity contribution is 5.43. The molecule has 1 atom stereocenters. The first-order valence-electron chi connectivity index (χ1n) is 7.19. The largest absolute Gasteiger partial charge is 0.493 e. The predicted octanol–water partition coefficient (Wildman–Crippen LogP) is 2.94. The van der Waals surface area contributed by atoms with E-state index in [0.29, 0.717) is 23.5 Å². The molecular weight excluding hydrogens is 256 g/mol. The summed E-state index contributed by atoms with van der Waals surface area (Å²) in [5.74, 6) is 1.89. The average molecular weight is 280 g/mol. The van der Waals surface area contributed by atoms with E-state index in [9.17, 15) is 5.11 Å². The number of aliphatic hydroxyl groups excluding tert-OH is 1. The number of aliphatic hydroxyl groups is 1. The van der Waals surface area contributed by atoms with Gasteiger partial charge in [-0.05, 0) is 49.8 Å². The Hall–Kier alpha value is -1.26. The molecule has 1 aromatic rings. The van der Waals surface area contributed by atoms with E-state index < -0.39 is 6.10 Å². The van der Waals surface area contributed by atoms with Crippen LogP contribution in [0.25, 0.3) is 0 Å². The summed E-state index contributed by atoms with van der Waals surface area (Å²) in [4.78, 5) is 0.